The monoisotopic (exact) mass is 311 g/mol. The molecule has 1 aromatic heterocycles. The van der Waals surface area contributed by atoms with Gasteiger partial charge in [-0.2, -0.15) is 0 Å². The average molecular weight is 312 g/mol. The number of nitrogens with zero attached hydrogens (tertiary/aromatic N) is 2. The second-order valence-corrected chi connectivity index (χ2v) is 6.08. The van der Waals surface area contributed by atoms with E-state index in [1.807, 2.05) is 12.3 Å². The lowest BCUT2D eigenvalue weighted by Gasteiger charge is -2.24. The number of hydrogen-bond donors (Lipinski definition) is 1. The number of hydrogen-bond acceptors (Lipinski definition) is 3. The van der Waals surface area contributed by atoms with Crippen molar-refractivity contribution in [3.63, 3.8) is 0 Å². The molecule has 0 aliphatic carbocycles. The highest BCUT2D eigenvalue weighted by Crippen LogP contribution is 2.18. The molecule has 1 aliphatic heterocycles. The molecule has 18 heavy (non-hydrogen) atoms. The Labute approximate surface area is 118 Å². The van der Waals surface area contributed by atoms with E-state index < -0.39 is 0 Å². The zero-order valence-corrected chi connectivity index (χ0v) is 12.8. The molecule has 0 radical (unpaired) electrons. The second kappa shape index (κ2) is 6.53. The zero-order chi connectivity index (χ0) is 13.0. The molecule has 1 N–H and O–H groups in total. The molecule has 100 valence electrons. The molecule has 0 bridgehead atoms. The van der Waals surface area contributed by atoms with Crippen LogP contribution < -0.4 is 5.32 Å². The number of nitrogens with one attached hydrogen (secondary N) is 1. The van der Waals surface area contributed by atoms with Gasteiger partial charge in [0.25, 0.3) is 0 Å². The van der Waals surface area contributed by atoms with E-state index in [1.165, 1.54) is 32.4 Å². The molecule has 1 aromatic rings. The van der Waals surface area contributed by atoms with Gasteiger partial charge in [0.05, 0.1) is 11.9 Å². The summed E-state index contributed by atoms with van der Waals surface area (Å²) in [5, 5.41) is 3.60. The van der Waals surface area contributed by atoms with Crippen LogP contribution in [0.3, 0.4) is 0 Å². The van der Waals surface area contributed by atoms with E-state index in [1.54, 1.807) is 0 Å². The Morgan fingerprint density at radius 3 is 2.83 bits per heavy atom. The smallest absolute Gasteiger partial charge is 0.106 e. The SMILES string of the molecule is CC(C)N1CCCC(Nc2ccc(Br)nc2)CC1. The Hall–Kier alpha value is -0.610. The van der Waals surface area contributed by atoms with E-state index in [0.717, 1.165) is 10.3 Å². The first-order valence-electron chi connectivity index (χ1n) is 6.77. The minimum Gasteiger partial charge on any atom is -0.381 e. The number of aromatic nitrogens is 1. The Balaban J connectivity index is 1.88. The largest absolute Gasteiger partial charge is 0.381 e. The van der Waals surface area contributed by atoms with E-state index >= 15 is 0 Å². The molecular weight excluding hydrogens is 290 g/mol. The van der Waals surface area contributed by atoms with Gasteiger partial charge in [-0.15, -0.1) is 0 Å². The van der Waals surface area contributed by atoms with Gasteiger partial charge in [0.2, 0.25) is 0 Å². The third-order valence-corrected chi connectivity index (χ3v) is 4.06. The van der Waals surface area contributed by atoms with Crippen molar-refractivity contribution in [1.29, 1.82) is 0 Å². The number of rotatable bonds is 3. The number of halogens is 1. The van der Waals surface area contributed by atoms with Gasteiger partial charge >= 0.3 is 0 Å². The number of pyridine rings is 1. The summed E-state index contributed by atoms with van der Waals surface area (Å²) >= 11 is 3.36. The molecule has 1 fully saturated rings. The van der Waals surface area contributed by atoms with Gasteiger partial charge in [-0.1, -0.05) is 0 Å². The second-order valence-electron chi connectivity index (χ2n) is 5.27. The van der Waals surface area contributed by atoms with Crippen LogP contribution in [-0.4, -0.2) is 35.1 Å². The molecule has 1 atom stereocenters. The molecule has 2 rings (SSSR count). The first-order valence-corrected chi connectivity index (χ1v) is 7.56. The summed E-state index contributed by atoms with van der Waals surface area (Å²) in [6.07, 6.45) is 5.64. The Bertz CT molecular complexity index is 364. The molecule has 4 heteroatoms. The third-order valence-electron chi connectivity index (χ3n) is 3.59. The van der Waals surface area contributed by atoms with Crippen LogP contribution in [0.2, 0.25) is 0 Å². The molecule has 0 amide bonds. The van der Waals surface area contributed by atoms with Gasteiger partial charge in [0, 0.05) is 18.6 Å². The van der Waals surface area contributed by atoms with Crippen molar-refractivity contribution in [1.82, 2.24) is 9.88 Å². The summed E-state index contributed by atoms with van der Waals surface area (Å²) in [6, 6.07) is 5.32. The van der Waals surface area contributed by atoms with E-state index in [9.17, 15) is 0 Å². The highest BCUT2D eigenvalue weighted by molar-refractivity contribution is 9.10. The van der Waals surface area contributed by atoms with Crippen LogP contribution in [0, 0.1) is 0 Å². The maximum atomic E-state index is 4.25. The van der Waals surface area contributed by atoms with Crippen molar-refractivity contribution < 1.29 is 0 Å². The van der Waals surface area contributed by atoms with Crippen molar-refractivity contribution in [2.75, 3.05) is 18.4 Å². The number of anilines is 1. The Kier molecular flexibility index (Phi) is 5.01. The predicted octanol–water partition coefficient (Wildman–Crippen LogP) is 3.52. The lowest BCUT2D eigenvalue weighted by atomic mass is 10.1. The normalized spacial score (nSPS) is 21.9. The van der Waals surface area contributed by atoms with Crippen LogP contribution in [0.25, 0.3) is 0 Å². The minimum atomic E-state index is 0.580. The van der Waals surface area contributed by atoms with Crippen molar-refractivity contribution in [2.45, 2.75) is 45.2 Å². The van der Waals surface area contributed by atoms with E-state index in [4.69, 9.17) is 0 Å². The summed E-state index contributed by atoms with van der Waals surface area (Å²) in [5.41, 5.74) is 1.13. The van der Waals surface area contributed by atoms with E-state index in [2.05, 4.69) is 51.0 Å². The van der Waals surface area contributed by atoms with E-state index in [-0.39, 0.29) is 0 Å². The molecule has 3 nitrogen and oxygen atoms in total. The molecule has 1 unspecified atom stereocenters. The summed E-state index contributed by atoms with van der Waals surface area (Å²) < 4.78 is 0.889. The molecule has 0 spiro atoms. The van der Waals surface area contributed by atoms with Gasteiger partial charge in [-0.25, -0.2) is 4.98 Å². The number of likely N-dealkylation sites (tertiary alicyclic amines) is 1. The fourth-order valence-corrected chi connectivity index (χ4v) is 2.71. The summed E-state index contributed by atoms with van der Waals surface area (Å²) in [6.45, 7) is 6.99. The Morgan fingerprint density at radius 2 is 2.17 bits per heavy atom. The van der Waals surface area contributed by atoms with Crippen LogP contribution in [-0.2, 0) is 0 Å². The van der Waals surface area contributed by atoms with Crippen molar-refractivity contribution in [3.8, 4) is 0 Å². The van der Waals surface area contributed by atoms with Crippen LogP contribution >= 0.6 is 15.9 Å². The lowest BCUT2D eigenvalue weighted by Crippen LogP contribution is -2.32. The van der Waals surface area contributed by atoms with Crippen LogP contribution in [0.15, 0.2) is 22.9 Å². The first-order chi connectivity index (χ1) is 8.65. The summed E-state index contributed by atoms with van der Waals surface area (Å²) in [5.74, 6) is 0. The van der Waals surface area contributed by atoms with Crippen molar-refractivity contribution in [3.05, 3.63) is 22.9 Å². The molecule has 0 saturated carbocycles. The van der Waals surface area contributed by atoms with Gasteiger partial charge < -0.3 is 10.2 Å². The summed E-state index contributed by atoms with van der Waals surface area (Å²) in [7, 11) is 0. The highest BCUT2D eigenvalue weighted by atomic mass is 79.9. The third kappa shape index (κ3) is 3.95. The zero-order valence-electron chi connectivity index (χ0n) is 11.2. The van der Waals surface area contributed by atoms with Crippen LogP contribution in [0.5, 0.6) is 0 Å². The van der Waals surface area contributed by atoms with Gasteiger partial charge in [0.1, 0.15) is 4.60 Å². The molecule has 2 heterocycles. The molecule has 0 aromatic carbocycles. The fraction of sp³-hybridized carbons (Fsp3) is 0.643. The standard InChI is InChI=1S/C14H22BrN3/c1-11(2)18-8-3-4-12(7-9-18)17-13-5-6-14(15)16-10-13/h5-6,10-12,17H,3-4,7-9H2,1-2H3. The Morgan fingerprint density at radius 1 is 1.33 bits per heavy atom. The predicted molar refractivity (Wildman–Crippen MR) is 79.9 cm³/mol. The lowest BCUT2D eigenvalue weighted by molar-refractivity contribution is 0.230. The summed E-state index contributed by atoms with van der Waals surface area (Å²) in [4.78, 5) is 6.83. The van der Waals surface area contributed by atoms with Crippen molar-refractivity contribution >= 4 is 21.6 Å². The molecule has 1 saturated heterocycles. The minimum absolute atomic E-state index is 0.580. The first kappa shape index (κ1) is 13.8. The topological polar surface area (TPSA) is 28.2 Å². The van der Waals surface area contributed by atoms with Gasteiger partial charge in [0.15, 0.2) is 0 Å². The highest BCUT2D eigenvalue weighted by Gasteiger charge is 2.18. The van der Waals surface area contributed by atoms with Gasteiger partial charge in [-0.05, 0) is 67.7 Å². The van der Waals surface area contributed by atoms with Crippen LogP contribution in [0.1, 0.15) is 33.1 Å². The average Bonchev–Trinajstić information content (AvgIpc) is 2.58. The van der Waals surface area contributed by atoms with Crippen LogP contribution in [0.4, 0.5) is 5.69 Å². The van der Waals surface area contributed by atoms with Gasteiger partial charge in [-0.3, -0.25) is 0 Å². The fourth-order valence-electron chi connectivity index (χ4n) is 2.48. The maximum Gasteiger partial charge on any atom is 0.106 e. The van der Waals surface area contributed by atoms with E-state index in [0.29, 0.717) is 12.1 Å². The molecule has 1 aliphatic rings. The maximum absolute atomic E-state index is 4.25. The quantitative estimate of drug-likeness (QED) is 0.866. The molecular formula is C14H22BrN3. The van der Waals surface area contributed by atoms with Crippen molar-refractivity contribution in [2.24, 2.45) is 0 Å².